The first kappa shape index (κ1) is 12.5. The second-order valence-corrected chi connectivity index (χ2v) is 3.88. The van der Waals surface area contributed by atoms with Crippen LogP contribution in [0.5, 0.6) is 0 Å². The zero-order valence-electron chi connectivity index (χ0n) is 9.21. The Labute approximate surface area is 101 Å². The maximum Gasteiger partial charge on any atom is 0.416 e. The molecule has 0 saturated heterocycles. The van der Waals surface area contributed by atoms with Gasteiger partial charge in [0.15, 0.2) is 0 Å². The summed E-state index contributed by atoms with van der Waals surface area (Å²) >= 11 is 0. The van der Waals surface area contributed by atoms with Crippen molar-refractivity contribution < 1.29 is 17.6 Å². The third kappa shape index (κ3) is 3.06. The molecule has 2 aromatic rings. The summed E-state index contributed by atoms with van der Waals surface area (Å²) in [5, 5.41) is 0. The molecule has 0 N–H and O–H groups in total. The molecule has 0 unspecified atom stereocenters. The summed E-state index contributed by atoms with van der Waals surface area (Å²) in [4.78, 5) is 3.86. The number of halogens is 4. The molecule has 0 amide bonds. The molecular weight excluding hydrogens is 246 g/mol. The van der Waals surface area contributed by atoms with Gasteiger partial charge in [0.05, 0.1) is 5.56 Å². The van der Waals surface area contributed by atoms with E-state index in [4.69, 9.17) is 0 Å². The van der Waals surface area contributed by atoms with E-state index >= 15 is 0 Å². The first-order valence-electron chi connectivity index (χ1n) is 5.21. The fourth-order valence-electron chi connectivity index (χ4n) is 1.65. The minimum Gasteiger partial charge on any atom is -0.264 e. The Morgan fingerprint density at radius 2 is 1.83 bits per heavy atom. The molecule has 0 aliphatic heterocycles. The quantitative estimate of drug-likeness (QED) is 0.743. The summed E-state index contributed by atoms with van der Waals surface area (Å²) < 4.78 is 50.7. The average Bonchev–Trinajstić information content (AvgIpc) is 2.28. The molecule has 5 heteroatoms. The van der Waals surface area contributed by atoms with Crippen molar-refractivity contribution in [2.75, 3.05) is 0 Å². The van der Waals surface area contributed by atoms with Crippen LogP contribution in [-0.4, -0.2) is 4.98 Å². The number of hydrogen-bond donors (Lipinski definition) is 0. The van der Waals surface area contributed by atoms with Gasteiger partial charge >= 0.3 is 6.18 Å². The van der Waals surface area contributed by atoms with Crippen molar-refractivity contribution in [2.24, 2.45) is 0 Å². The van der Waals surface area contributed by atoms with Gasteiger partial charge in [-0.05, 0) is 41.8 Å². The Morgan fingerprint density at radius 3 is 2.44 bits per heavy atom. The number of benzene rings is 1. The lowest BCUT2D eigenvalue weighted by Crippen LogP contribution is -2.06. The summed E-state index contributed by atoms with van der Waals surface area (Å²) in [6, 6.07) is 5.95. The molecule has 0 atom stereocenters. The van der Waals surface area contributed by atoms with Gasteiger partial charge in [0.25, 0.3) is 0 Å². The first-order chi connectivity index (χ1) is 8.45. The summed E-state index contributed by atoms with van der Waals surface area (Å²) in [5.74, 6) is -0.885. The van der Waals surface area contributed by atoms with Crippen LogP contribution in [0.1, 0.15) is 16.7 Å². The topological polar surface area (TPSA) is 12.9 Å². The van der Waals surface area contributed by atoms with Gasteiger partial charge in [0.2, 0.25) is 0 Å². The van der Waals surface area contributed by atoms with Crippen LogP contribution >= 0.6 is 0 Å². The Balaban J connectivity index is 2.32. The summed E-state index contributed by atoms with van der Waals surface area (Å²) in [5.41, 5.74) is 0.0351. The molecule has 0 saturated carbocycles. The van der Waals surface area contributed by atoms with Gasteiger partial charge in [-0.15, -0.1) is 0 Å². The molecule has 0 spiro atoms. The molecular formula is C13H9F4N. The fourth-order valence-corrected chi connectivity index (χ4v) is 1.65. The third-order valence-corrected chi connectivity index (χ3v) is 2.42. The molecule has 0 fully saturated rings. The first-order valence-corrected chi connectivity index (χ1v) is 5.21. The SMILES string of the molecule is Fc1cc(Cc2cccnc2)cc(C(F)(F)F)c1. The third-order valence-electron chi connectivity index (χ3n) is 2.42. The molecule has 0 aliphatic rings. The highest BCUT2D eigenvalue weighted by atomic mass is 19.4. The van der Waals surface area contributed by atoms with Crippen molar-refractivity contribution in [1.82, 2.24) is 4.98 Å². The number of hydrogen-bond acceptors (Lipinski definition) is 1. The second kappa shape index (κ2) is 4.76. The van der Waals surface area contributed by atoms with Gasteiger partial charge in [-0.1, -0.05) is 6.07 Å². The summed E-state index contributed by atoms with van der Waals surface area (Å²) in [6.07, 6.45) is -1.21. The van der Waals surface area contributed by atoms with E-state index in [2.05, 4.69) is 4.98 Å². The van der Waals surface area contributed by atoms with E-state index in [1.807, 2.05) is 0 Å². The Bertz CT molecular complexity index is 534. The van der Waals surface area contributed by atoms with Crippen molar-refractivity contribution in [3.63, 3.8) is 0 Å². The second-order valence-electron chi connectivity index (χ2n) is 3.88. The minimum absolute atomic E-state index is 0.217. The molecule has 1 nitrogen and oxygen atoms in total. The highest BCUT2D eigenvalue weighted by Gasteiger charge is 2.31. The smallest absolute Gasteiger partial charge is 0.264 e. The van der Waals surface area contributed by atoms with Crippen LogP contribution in [0.3, 0.4) is 0 Å². The number of nitrogens with zero attached hydrogens (tertiary/aromatic N) is 1. The number of aromatic nitrogens is 1. The van der Waals surface area contributed by atoms with Crippen molar-refractivity contribution in [1.29, 1.82) is 0 Å². The monoisotopic (exact) mass is 255 g/mol. The van der Waals surface area contributed by atoms with Gasteiger partial charge in [0, 0.05) is 12.4 Å². The minimum atomic E-state index is -4.54. The van der Waals surface area contributed by atoms with E-state index in [0.29, 0.717) is 6.07 Å². The summed E-state index contributed by atoms with van der Waals surface area (Å²) in [7, 11) is 0. The molecule has 18 heavy (non-hydrogen) atoms. The fraction of sp³-hybridized carbons (Fsp3) is 0.154. The van der Waals surface area contributed by atoms with E-state index in [1.165, 1.54) is 6.20 Å². The van der Waals surface area contributed by atoms with Crippen LogP contribution in [-0.2, 0) is 12.6 Å². The van der Waals surface area contributed by atoms with E-state index < -0.39 is 17.6 Å². The molecule has 1 heterocycles. The normalized spacial score (nSPS) is 11.6. The highest BCUT2D eigenvalue weighted by Crippen LogP contribution is 2.30. The van der Waals surface area contributed by atoms with Gasteiger partial charge < -0.3 is 0 Å². The molecule has 2 rings (SSSR count). The number of pyridine rings is 1. The van der Waals surface area contributed by atoms with E-state index in [-0.39, 0.29) is 12.0 Å². The lowest BCUT2D eigenvalue weighted by Gasteiger charge is -2.09. The van der Waals surface area contributed by atoms with E-state index in [1.54, 1.807) is 18.3 Å². The van der Waals surface area contributed by atoms with Gasteiger partial charge in [-0.25, -0.2) is 4.39 Å². The molecule has 94 valence electrons. The predicted octanol–water partition coefficient (Wildman–Crippen LogP) is 3.83. The van der Waals surface area contributed by atoms with Gasteiger partial charge in [0.1, 0.15) is 5.82 Å². The lowest BCUT2D eigenvalue weighted by atomic mass is 10.0. The highest BCUT2D eigenvalue weighted by molar-refractivity contribution is 5.30. The maximum atomic E-state index is 13.1. The van der Waals surface area contributed by atoms with Crippen LogP contribution in [0.15, 0.2) is 42.7 Å². The molecule has 0 bridgehead atoms. The Kier molecular flexibility index (Phi) is 3.32. The van der Waals surface area contributed by atoms with Crippen molar-refractivity contribution in [3.05, 3.63) is 65.2 Å². The van der Waals surface area contributed by atoms with Crippen LogP contribution in [0, 0.1) is 5.82 Å². The van der Waals surface area contributed by atoms with Crippen LogP contribution < -0.4 is 0 Å². The average molecular weight is 255 g/mol. The largest absolute Gasteiger partial charge is 0.416 e. The number of rotatable bonds is 2. The number of alkyl halides is 3. The molecule has 1 aromatic heterocycles. The Morgan fingerprint density at radius 1 is 1.06 bits per heavy atom. The van der Waals surface area contributed by atoms with E-state index in [9.17, 15) is 17.6 Å². The lowest BCUT2D eigenvalue weighted by molar-refractivity contribution is -0.137. The predicted molar refractivity (Wildman–Crippen MR) is 58.4 cm³/mol. The van der Waals surface area contributed by atoms with Gasteiger partial charge in [-0.3, -0.25) is 4.98 Å². The van der Waals surface area contributed by atoms with Crippen molar-refractivity contribution in [3.8, 4) is 0 Å². The van der Waals surface area contributed by atoms with Crippen LogP contribution in [0.2, 0.25) is 0 Å². The standard InChI is InChI=1S/C13H9F4N/c14-12-6-10(4-9-2-1-3-18-8-9)5-11(7-12)13(15,16)17/h1-3,5-8H,4H2. The van der Waals surface area contributed by atoms with Crippen LogP contribution in [0.4, 0.5) is 17.6 Å². The Hall–Kier alpha value is -1.91. The zero-order chi connectivity index (χ0) is 13.2. The maximum absolute atomic E-state index is 13.1. The van der Waals surface area contributed by atoms with Crippen molar-refractivity contribution >= 4 is 0 Å². The zero-order valence-corrected chi connectivity index (χ0v) is 9.21. The van der Waals surface area contributed by atoms with E-state index in [0.717, 1.165) is 17.7 Å². The molecule has 0 radical (unpaired) electrons. The molecule has 0 aliphatic carbocycles. The van der Waals surface area contributed by atoms with Crippen molar-refractivity contribution in [2.45, 2.75) is 12.6 Å². The van der Waals surface area contributed by atoms with Crippen LogP contribution in [0.25, 0.3) is 0 Å². The van der Waals surface area contributed by atoms with Gasteiger partial charge in [-0.2, -0.15) is 13.2 Å². The molecule has 1 aromatic carbocycles. The summed E-state index contributed by atoms with van der Waals surface area (Å²) in [6.45, 7) is 0.